The normalized spacial score (nSPS) is 18.4. The number of rotatable bonds is 4. The molecule has 1 fully saturated rings. The van der Waals surface area contributed by atoms with E-state index in [0.29, 0.717) is 22.8 Å². The molecular weight excluding hydrogens is 391 g/mol. The molecule has 0 aliphatic carbocycles. The van der Waals surface area contributed by atoms with Crippen LogP contribution in [0.4, 0.5) is 10.1 Å². The van der Waals surface area contributed by atoms with Crippen LogP contribution >= 0.6 is 11.6 Å². The minimum absolute atomic E-state index is 0.0726. The van der Waals surface area contributed by atoms with Gasteiger partial charge in [-0.1, -0.05) is 11.6 Å². The molecule has 2 heterocycles. The topological polar surface area (TPSA) is 77.1 Å². The van der Waals surface area contributed by atoms with Gasteiger partial charge in [-0.3, -0.25) is 19.9 Å². The summed E-state index contributed by atoms with van der Waals surface area (Å²) in [7, 11) is 2.99. The molecule has 2 aromatic rings. The fourth-order valence-corrected chi connectivity index (χ4v) is 3.28. The van der Waals surface area contributed by atoms with E-state index in [1.54, 1.807) is 18.2 Å². The summed E-state index contributed by atoms with van der Waals surface area (Å²) in [6.07, 6.45) is -1.15. The molecule has 0 spiro atoms. The van der Waals surface area contributed by atoms with Gasteiger partial charge in [0.05, 0.1) is 36.2 Å². The molecule has 9 heteroatoms. The number of hydrogen-bond acceptors (Lipinski definition) is 6. The van der Waals surface area contributed by atoms with E-state index in [1.165, 1.54) is 26.4 Å². The number of amides is 2. The summed E-state index contributed by atoms with van der Waals surface area (Å²) in [5.74, 6) is -0.989. The average Bonchev–Trinajstić information content (AvgIpc) is 3.24. The summed E-state index contributed by atoms with van der Waals surface area (Å²) in [6, 6.07) is 8.72. The molecule has 0 unspecified atom stereocenters. The molecule has 0 aromatic heterocycles. The fraction of sp³-hybridized carbons (Fsp3) is 0.158. The number of anilines is 1. The second-order valence-electron chi connectivity index (χ2n) is 6.03. The molecule has 4 rings (SSSR count). The van der Waals surface area contributed by atoms with Crippen molar-refractivity contribution in [2.45, 2.75) is 6.10 Å². The maximum Gasteiger partial charge on any atom is 0.270 e. The number of nitrogens with one attached hydrogen (secondary N) is 1. The first kappa shape index (κ1) is 18.3. The fourth-order valence-electron chi connectivity index (χ4n) is 3.17. The third-order valence-corrected chi connectivity index (χ3v) is 4.83. The first-order valence-corrected chi connectivity index (χ1v) is 8.55. The number of hydroxylamine groups is 1. The lowest BCUT2D eigenvalue weighted by molar-refractivity contribution is -0.127. The summed E-state index contributed by atoms with van der Waals surface area (Å²) < 4.78 is 24.4. The molecule has 0 bridgehead atoms. The van der Waals surface area contributed by atoms with Gasteiger partial charge in [0.1, 0.15) is 17.3 Å². The Balaban J connectivity index is 1.80. The lowest BCUT2D eigenvalue weighted by Gasteiger charge is -2.16. The largest absolute Gasteiger partial charge is 0.497 e. The van der Waals surface area contributed by atoms with Gasteiger partial charge in [-0.2, -0.15) is 0 Å². The van der Waals surface area contributed by atoms with E-state index in [0.717, 1.165) is 11.0 Å². The first-order valence-electron chi connectivity index (χ1n) is 8.18. The number of carbonyl (C=O) groups excluding carboxylic acids is 2. The minimum atomic E-state index is -1.15. The molecule has 28 heavy (non-hydrogen) atoms. The molecular formula is C19H14ClFN2O5. The quantitative estimate of drug-likeness (QED) is 0.789. The van der Waals surface area contributed by atoms with Crippen LogP contribution < -0.4 is 19.9 Å². The van der Waals surface area contributed by atoms with E-state index < -0.39 is 23.7 Å². The Labute approximate surface area is 164 Å². The second-order valence-corrected chi connectivity index (χ2v) is 6.44. The Hall–Kier alpha value is -3.10. The second kappa shape index (κ2) is 6.81. The lowest BCUT2D eigenvalue weighted by Crippen LogP contribution is -2.34. The number of halogens is 2. The molecule has 2 aliphatic rings. The Morgan fingerprint density at radius 1 is 1.14 bits per heavy atom. The zero-order valence-electron chi connectivity index (χ0n) is 14.8. The summed E-state index contributed by atoms with van der Waals surface area (Å²) in [5.41, 5.74) is 3.65. The van der Waals surface area contributed by atoms with Crippen LogP contribution in [0.25, 0.3) is 5.70 Å². The van der Waals surface area contributed by atoms with Crippen molar-refractivity contribution in [1.82, 2.24) is 5.48 Å². The Morgan fingerprint density at radius 2 is 1.93 bits per heavy atom. The van der Waals surface area contributed by atoms with Crippen molar-refractivity contribution in [1.29, 1.82) is 0 Å². The van der Waals surface area contributed by atoms with Crippen LogP contribution in [0.3, 0.4) is 0 Å². The van der Waals surface area contributed by atoms with Gasteiger partial charge in [-0.15, -0.1) is 0 Å². The molecule has 1 saturated heterocycles. The van der Waals surface area contributed by atoms with Gasteiger partial charge >= 0.3 is 0 Å². The number of carbonyl (C=O) groups is 2. The van der Waals surface area contributed by atoms with Gasteiger partial charge in [0.2, 0.25) is 0 Å². The SMILES string of the molecule is COc1ccc(C2=C3C(=O)N(c4ccc(Cl)c(F)c4)C(=O)[C@H]3ON2)c(OC)c1. The molecule has 0 saturated carbocycles. The highest BCUT2D eigenvalue weighted by Crippen LogP contribution is 2.39. The predicted octanol–water partition coefficient (Wildman–Crippen LogP) is 2.68. The van der Waals surface area contributed by atoms with Crippen molar-refractivity contribution < 1.29 is 28.3 Å². The molecule has 0 radical (unpaired) electrons. The van der Waals surface area contributed by atoms with Crippen LogP contribution in [-0.4, -0.2) is 32.1 Å². The first-order chi connectivity index (χ1) is 13.5. The van der Waals surface area contributed by atoms with Crippen LogP contribution in [-0.2, 0) is 14.4 Å². The van der Waals surface area contributed by atoms with Gasteiger partial charge in [-0.25, -0.2) is 9.29 Å². The Morgan fingerprint density at radius 3 is 2.61 bits per heavy atom. The number of imide groups is 1. The maximum absolute atomic E-state index is 13.8. The van der Waals surface area contributed by atoms with Gasteiger partial charge in [0.25, 0.3) is 11.8 Å². The van der Waals surface area contributed by atoms with Crippen LogP contribution in [0.5, 0.6) is 11.5 Å². The van der Waals surface area contributed by atoms with Crippen LogP contribution in [0.2, 0.25) is 5.02 Å². The smallest absolute Gasteiger partial charge is 0.270 e. The van der Waals surface area contributed by atoms with E-state index in [4.69, 9.17) is 25.9 Å². The highest BCUT2D eigenvalue weighted by atomic mass is 35.5. The van der Waals surface area contributed by atoms with Crippen molar-refractivity contribution in [3.63, 3.8) is 0 Å². The highest BCUT2D eigenvalue weighted by molar-refractivity contribution is 6.33. The Kier molecular flexibility index (Phi) is 4.44. The van der Waals surface area contributed by atoms with Gasteiger partial charge < -0.3 is 9.47 Å². The summed E-state index contributed by atoms with van der Waals surface area (Å²) in [5, 5.41) is -0.108. The zero-order chi connectivity index (χ0) is 20.0. The summed E-state index contributed by atoms with van der Waals surface area (Å²) >= 11 is 5.69. The van der Waals surface area contributed by atoms with Gasteiger partial charge in [0.15, 0.2) is 6.10 Å². The number of nitrogens with zero attached hydrogens (tertiary/aromatic N) is 1. The number of methoxy groups -OCH3 is 2. The van der Waals surface area contributed by atoms with Crippen LogP contribution in [0.15, 0.2) is 42.0 Å². The highest BCUT2D eigenvalue weighted by Gasteiger charge is 2.51. The molecule has 144 valence electrons. The molecule has 7 nitrogen and oxygen atoms in total. The van der Waals surface area contributed by atoms with Crippen molar-refractivity contribution in [2.75, 3.05) is 19.1 Å². The molecule has 1 N–H and O–H groups in total. The zero-order valence-corrected chi connectivity index (χ0v) is 15.5. The van der Waals surface area contributed by atoms with E-state index in [2.05, 4.69) is 5.48 Å². The van der Waals surface area contributed by atoms with Crippen LogP contribution in [0.1, 0.15) is 5.56 Å². The molecule has 2 amide bonds. The van der Waals surface area contributed by atoms with Crippen molar-refractivity contribution in [2.24, 2.45) is 0 Å². The summed E-state index contributed by atoms with van der Waals surface area (Å²) in [4.78, 5) is 31.9. The minimum Gasteiger partial charge on any atom is -0.497 e. The standard InChI is InChI=1S/C19H14ClFN2O5/c1-26-10-4-5-11(14(8-10)27-2)16-15-17(28-22-16)19(25)23(18(15)24)9-3-6-12(20)13(21)7-9/h3-8,17,22H,1-2H3/t17-/m0/s1. The van der Waals surface area contributed by atoms with Gasteiger partial charge in [0, 0.05) is 11.6 Å². The molecule has 2 aliphatic heterocycles. The predicted molar refractivity (Wildman–Crippen MR) is 98.4 cm³/mol. The molecule has 1 atom stereocenters. The van der Waals surface area contributed by atoms with E-state index >= 15 is 0 Å². The third kappa shape index (κ3) is 2.69. The van der Waals surface area contributed by atoms with Crippen molar-refractivity contribution in [3.8, 4) is 11.5 Å². The number of benzene rings is 2. The van der Waals surface area contributed by atoms with E-state index in [1.807, 2.05) is 0 Å². The third-order valence-electron chi connectivity index (χ3n) is 4.53. The van der Waals surface area contributed by atoms with E-state index in [9.17, 15) is 14.0 Å². The monoisotopic (exact) mass is 404 g/mol. The van der Waals surface area contributed by atoms with Crippen molar-refractivity contribution >= 4 is 34.8 Å². The summed E-state index contributed by atoms with van der Waals surface area (Å²) in [6.45, 7) is 0. The lowest BCUT2D eigenvalue weighted by atomic mass is 10.0. The average molecular weight is 405 g/mol. The Bertz CT molecular complexity index is 1040. The van der Waals surface area contributed by atoms with Crippen LogP contribution in [0, 0.1) is 5.82 Å². The number of fused-ring (bicyclic) bond motifs is 1. The van der Waals surface area contributed by atoms with E-state index in [-0.39, 0.29) is 16.3 Å². The number of ether oxygens (including phenoxy) is 2. The molecule has 2 aromatic carbocycles. The number of hydrogen-bond donors (Lipinski definition) is 1. The van der Waals surface area contributed by atoms with Gasteiger partial charge in [-0.05, 0) is 30.3 Å². The maximum atomic E-state index is 13.8. The van der Waals surface area contributed by atoms with Crippen molar-refractivity contribution in [3.05, 3.63) is 58.4 Å².